The van der Waals surface area contributed by atoms with E-state index in [9.17, 15) is 9.90 Å². The molecule has 3 atom stereocenters. The number of rotatable bonds is 12. The van der Waals surface area contributed by atoms with Crippen LogP contribution >= 0.6 is 11.6 Å². The molecule has 2 aromatic heterocycles. The Balaban J connectivity index is 1.27. The minimum Gasteiger partial charge on any atom is -0.497 e. The molecule has 0 radical (unpaired) electrons. The third-order valence-electron chi connectivity index (χ3n) is 11.8. The topological polar surface area (TPSA) is 117 Å². The SMILES string of the molecule is COc1ccc(CN(Cc2ccc(OC)cc2)c2cc(C)c(C(F)(F)F)c(-c3c(Cl)cc4c(N5C[C@@H]6C[C@H]5CN6C(=O)O)nc(OC[C@@H]5CCCN5C)nc4c3F)n2)cc1. The van der Waals surface area contributed by atoms with E-state index in [-0.39, 0.29) is 90.0 Å². The number of fused-ring (bicyclic) bond motifs is 3. The molecule has 3 aliphatic heterocycles. The van der Waals surface area contributed by atoms with Crippen molar-refractivity contribution >= 4 is 40.2 Å². The predicted molar refractivity (Wildman–Crippen MR) is 219 cm³/mol. The van der Waals surface area contributed by atoms with Crippen molar-refractivity contribution in [3.63, 3.8) is 0 Å². The monoisotopic (exact) mass is 849 g/mol. The van der Waals surface area contributed by atoms with Crippen molar-refractivity contribution in [3.8, 4) is 28.8 Å². The second kappa shape index (κ2) is 16.4. The molecule has 5 heterocycles. The molecule has 3 aromatic carbocycles. The molecule has 5 aromatic rings. The van der Waals surface area contributed by atoms with Gasteiger partial charge in [0.2, 0.25) is 0 Å². The number of nitrogens with zero attached hydrogens (tertiary/aromatic N) is 7. The van der Waals surface area contributed by atoms with Crippen LogP contribution in [-0.2, 0) is 19.3 Å². The number of hydrogen-bond donors (Lipinski definition) is 1. The van der Waals surface area contributed by atoms with Crippen LogP contribution in [0.3, 0.4) is 0 Å². The van der Waals surface area contributed by atoms with E-state index in [0.717, 1.165) is 30.5 Å². The van der Waals surface area contributed by atoms with Crippen molar-refractivity contribution in [2.45, 2.75) is 63.6 Å². The summed E-state index contributed by atoms with van der Waals surface area (Å²) in [5, 5.41) is 9.58. The van der Waals surface area contributed by atoms with E-state index < -0.39 is 34.9 Å². The van der Waals surface area contributed by atoms with Gasteiger partial charge >= 0.3 is 18.3 Å². The lowest BCUT2D eigenvalue weighted by atomic mass is 9.98. The molecule has 17 heteroatoms. The number of benzene rings is 3. The van der Waals surface area contributed by atoms with Gasteiger partial charge in [-0.3, -0.25) is 0 Å². The molecule has 3 aliphatic rings. The number of likely N-dealkylation sites (tertiary alicyclic amines) is 2. The third-order valence-corrected chi connectivity index (χ3v) is 12.1. The molecule has 60 heavy (non-hydrogen) atoms. The first kappa shape index (κ1) is 41.1. The van der Waals surface area contributed by atoms with E-state index in [2.05, 4.69) is 14.9 Å². The number of likely N-dealkylation sites (N-methyl/N-ethyl adjacent to an activating group) is 1. The minimum absolute atomic E-state index is 0.0633. The highest BCUT2D eigenvalue weighted by atomic mass is 35.5. The lowest BCUT2D eigenvalue weighted by Crippen LogP contribution is -2.48. The minimum atomic E-state index is -4.95. The summed E-state index contributed by atoms with van der Waals surface area (Å²) >= 11 is 6.91. The number of anilines is 2. The van der Waals surface area contributed by atoms with Crippen LogP contribution in [-0.4, -0.2) is 102 Å². The average Bonchev–Trinajstić information content (AvgIpc) is 3.96. The number of carbonyl (C=O) groups is 1. The smallest absolute Gasteiger partial charge is 0.418 e. The summed E-state index contributed by atoms with van der Waals surface area (Å²) in [6, 6.07) is 16.6. The molecule has 3 saturated heterocycles. The Morgan fingerprint density at radius 3 is 2.13 bits per heavy atom. The van der Waals surface area contributed by atoms with Gasteiger partial charge in [-0.05, 0) is 92.9 Å². The van der Waals surface area contributed by atoms with Gasteiger partial charge in [0.1, 0.15) is 35.3 Å². The summed E-state index contributed by atoms with van der Waals surface area (Å²) in [7, 11) is 5.09. The fraction of sp³-hybridized carbons (Fsp3) is 0.395. The van der Waals surface area contributed by atoms with E-state index in [1.165, 1.54) is 24.0 Å². The number of aryl methyl sites for hydroxylation is 1. The fourth-order valence-corrected chi connectivity index (χ4v) is 8.94. The molecular formula is C43H44ClF4N7O5. The number of aromatic nitrogens is 3. The third kappa shape index (κ3) is 8.01. The first-order chi connectivity index (χ1) is 28.7. The van der Waals surface area contributed by atoms with Crippen LogP contribution in [0.4, 0.5) is 34.0 Å². The highest BCUT2D eigenvalue weighted by Gasteiger charge is 2.47. The Morgan fingerprint density at radius 2 is 1.60 bits per heavy atom. The van der Waals surface area contributed by atoms with Gasteiger partial charge in [-0.2, -0.15) is 23.1 Å². The first-order valence-electron chi connectivity index (χ1n) is 19.6. The van der Waals surface area contributed by atoms with E-state index in [1.54, 1.807) is 38.5 Å². The fourth-order valence-electron chi connectivity index (χ4n) is 8.66. The van der Waals surface area contributed by atoms with Crippen LogP contribution in [0.2, 0.25) is 5.02 Å². The lowest BCUT2D eigenvalue weighted by Gasteiger charge is -2.34. The van der Waals surface area contributed by atoms with E-state index >= 15 is 17.6 Å². The zero-order chi connectivity index (χ0) is 42.5. The Bertz CT molecular complexity index is 2360. The number of pyridine rings is 1. The quantitative estimate of drug-likeness (QED) is 0.122. The van der Waals surface area contributed by atoms with Crippen LogP contribution in [0.5, 0.6) is 17.5 Å². The maximum absolute atomic E-state index is 17.5. The van der Waals surface area contributed by atoms with Crippen LogP contribution < -0.4 is 24.0 Å². The van der Waals surface area contributed by atoms with Crippen LogP contribution in [0.25, 0.3) is 22.2 Å². The Morgan fingerprint density at radius 1 is 0.950 bits per heavy atom. The zero-order valence-corrected chi connectivity index (χ0v) is 34.2. The number of amides is 1. The van der Waals surface area contributed by atoms with Crippen molar-refractivity contribution < 1.29 is 41.7 Å². The van der Waals surface area contributed by atoms with Crippen LogP contribution in [0.1, 0.15) is 41.5 Å². The number of carboxylic acid groups (broad SMARTS) is 1. The number of ether oxygens (including phenoxy) is 3. The summed E-state index contributed by atoms with van der Waals surface area (Å²) in [6.07, 6.45) is -3.59. The van der Waals surface area contributed by atoms with Gasteiger partial charge in [0.05, 0.1) is 48.1 Å². The zero-order valence-electron chi connectivity index (χ0n) is 33.5. The highest BCUT2D eigenvalue weighted by molar-refractivity contribution is 6.34. The lowest BCUT2D eigenvalue weighted by molar-refractivity contribution is -0.137. The maximum Gasteiger partial charge on any atom is 0.418 e. The van der Waals surface area contributed by atoms with Crippen molar-refractivity contribution in [1.29, 1.82) is 0 Å². The number of piperazine rings is 1. The molecule has 1 N–H and O–H groups in total. The Hall–Kier alpha value is -5.61. The molecule has 3 fully saturated rings. The van der Waals surface area contributed by atoms with Gasteiger partial charge in [0.15, 0.2) is 5.82 Å². The summed E-state index contributed by atoms with van der Waals surface area (Å²) in [5.41, 5.74) is -1.23. The molecule has 0 saturated carbocycles. The van der Waals surface area contributed by atoms with E-state index in [0.29, 0.717) is 17.9 Å². The molecule has 12 nitrogen and oxygen atoms in total. The summed E-state index contributed by atoms with van der Waals surface area (Å²) < 4.78 is 79.8. The molecule has 1 amide bonds. The normalized spacial score (nSPS) is 19.1. The van der Waals surface area contributed by atoms with Gasteiger partial charge in [-0.25, -0.2) is 14.2 Å². The summed E-state index contributed by atoms with van der Waals surface area (Å²) in [4.78, 5) is 32.9. The number of halogens is 5. The van der Waals surface area contributed by atoms with Gasteiger partial charge in [0.25, 0.3) is 0 Å². The van der Waals surface area contributed by atoms with E-state index in [1.807, 2.05) is 41.1 Å². The Kier molecular flexibility index (Phi) is 11.3. The maximum atomic E-state index is 17.5. The van der Waals surface area contributed by atoms with Gasteiger partial charge in [-0.15, -0.1) is 0 Å². The predicted octanol–water partition coefficient (Wildman–Crippen LogP) is 8.45. The standard InChI is InChI=1S/C43H44ClF4N7O5/c1-24-16-34(53(19-25-7-11-30(58-3)12-8-25)20-26-9-13-31(59-4)14-10-26)49-39(36(24)43(46,47)48)35-33(44)18-32-38(37(35)45)50-41(60-23-27-6-5-15-52(27)2)51-40(32)54-21-29-17-28(54)22-55(29)42(56)57/h7-14,16,18,27-29H,5-6,15,17,19-23H2,1-4H3,(H,56,57)/t27-,28-,29-/m0/s1. The van der Waals surface area contributed by atoms with Crippen molar-refractivity contribution in [3.05, 3.63) is 93.8 Å². The molecule has 316 valence electrons. The van der Waals surface area contributed by atoms with Crippen molar-refractivity contribution in [2.75, 3.05) is 57.3 Å². The van der Waals surface area contributed by atoms with Crippen LogP contribution in [0, 0.1) is 12.7 Å². The Labute approximate surface area is 349 Å². The van der Waals surface area contributed by atoms with Crippen molar-refractivity contribution in [1.82, 2.24) is 24.8 Å². The average molecular weight is 850 g/mol. The molecular weight excluding hydrogens is 806 g/mol. The number of hydrogen-bond acceptors (Lipinski definition) is 10. The molecule has 2 bridgehead atoms. The van der Waals surface area contributed by atoms with Gasteiger partial charge in [0, 0.05) is 37.6 Å². The summed E-state index contributed by atoms with van der Waals surface area (Å²) in [6.45, 7) is 3.35. The highest BCUT2D eigenvalue weighted by Crippen LogP contribution is 2.46. The first-order valence-corrected chi connectivity index (χ1v) is 20.0. The molecule has 0 aliphatic carbocycles. The molecule has 0 unspecified atom stereocenters. The van der Waals surface area contributed by atoms with Gasteiger partial charge in [-0.1, -0.05) is 35.9 Å². The molecule has 0 spiro atoms. The summed E-state index contributed by atoms with van der Waals surface area (Å²) in [5.74, 6) is 0.574. The second-order valence-corrected chi connectivity index (χ2v) is 16.0. The number of alkyl halides is 3. The second-order valence-electron chi connectivity index (χ2n) is 15.6. The molecule has 8 rings (SSSR count). The van der Waals surface area contributed by atoms with Crippen molar-refractivity contribution in [2.24, 2.45) is 0 Å². The van der Waals surface area contributed by atoms with Gasteiger partial charge < -0.3 is 38.9 Å². The van der Waals surface area contributed by atoms with Crippen LogP contribution in [0.15, 0.2) is 60.7 Å². The largest absolute Gasteiger partial charge is 0.497 e. The van der Waals surface area contributed by atoms with E-state index in [4.69, 9.17) is 30.8 Å². The number of methoxy groups -OCH3 is 2.